The molecule has 0 radical (unpaired) electrons. The summed E-state index contributed by atoms with van der Waals surface area (Å²) in [6.45, 7) is 3.73. The lowest BCUT2D eigenvalue weighted by Gasteiger charge is -2.40. The summed E-state index contributed by atoms with van der Waals surface area (Å²) in [6.07, 6.45) is 25.4. The summed E-state index contributed by atoms with van der Waals surface area (Å²) >= 11 is 0. The van der Waals surface area contributed by atoms with Gasteiger partial charge in [0.15, 0.2) is 6.29 Å². The van der Waals surface area contributed by atoms with Gasteiger partial charge in [-0.15, -0.1) is 0 Å². The van der Waals surface area contributed by atoms with Crippen LogP contribution in [0.1, 0.15) is 174 Å². The lowest BCUT2D eigenvalue weighted by atomic mass is 9.99. The predicted octanol–water partition coefficient (Wildman–Crippen LogP) is 7.00. The van der Waals surface area contributed by atoms with E-state index in [1.54, 1.807) is 6.08 Å². The van der Waals surface area contributed by atoms with Gasteiger partial charge in [0.05, 0.1) is 25.4 Å². The SMILES string of the molecule is CCCCCCCCCCCCCCCC/C=C/C(O)C(COC1OC(CO)C(O)C(O)C1O)NC(=O)CCCCCCCCCCC. The molecule has 1 saturated heterocycles. The third kappa shape index (κ3) is 21.9. The molecule has 0 aromatic heterocycles. The quantitative estimate of drug-likeness (QED) is 0.0328. The predicted molar refractivity (Wildman–Crippen MR) is 194 cm³/mol. The number of hydrogen-bond acceptors (Lipinski definition) is 8. The molecule has 7 atom stereocenters. The smallest absolute Gasteiger partial charge is 0.220 e. The normalized spacial score (nSPS) is 22.7. The lowest BCUT2D eigenvalue weighted by molar-refractivity contribution is -0.302. The molecule has 0 aliphatic carbocycles. The van der Waals surface area contributed by atoms with E-state index in [0.717, 1.165) is 38.5 Å². The Morgan fingerprint density at radius 1 is 0.688 bits per heavy atom. The Balaban J connectivity index is 2.42. The van der Waals surface area contributed by atoms with E-state index in [1.165, 1.54) is 116 Å². The van der Waals surface area contributed by atoms with Crippen molar-refractivity contribution in [2.75, 3.05) is 13.2 Å². The van der Waals surface area contributed by atoms with Crippen LogP contribution in [0.2, 0.25) is 0 Å². The highest BCUT2D eigenvalue weighted by molar-refractivity contribution is 5.76. The monoisotopic (exact) mass is 686 g/mol. The average Bonchev–Trinajstić information content (AvgIpc) is 3.08. The molecule has 1 fully saturated rings. The summed E-state index contributed by atoms with van der Waals surface area (Å²) in [4.78, 5) is 12.8. The highest BCUT2D eigenvalue weighted by atomic mass is 16.7. The van der Waals surface area contributed by atoms with Crippen molar-refractivity contribution in [2.45, 2.75) is 217 Å². The molecule has 6 N–H and O–H groups in total. The first-order valence-corrected chi connectivity index (χ1v) is 19.9. The topological polar surface area (TPSA) is 149 Å². The molecular formula is C39H75NO8. The number of carbonyl (C=O) groups excluding carboxylic acids is 1. The van der Waals surface area contributed by atoms with Crippen molar-refractivity contribution in [3.8, 4) is 0 Å². The van der Waals surface area contributed by atoms with Crippen LogP contribution in [0.25, 0.3) is 0 Å². The maximum atomic E-state index is 12.8. The van der Waals surface area contributed by atoms with Gasteiger partial charge >= 0.3 is 0 Å². The van der Waals surface area contributed by atoms with Gasteiger partial charge in [0.25, 0.3) is 0 Å². The van der Waals surface area contributed by atoms with Gasteiger partial charge < -0.3 is 40.3 Å². The van der Waals surface area contributed by atoms with Gasteiger partial charge in [-0.25, -0.2) is 0 Å². The van der Waals surface area contributed by atoms with E-state index in [0.29, 0.717) is 6.42 Å². The number of carbonyl (C=O) groups is 1. The van der Waals surface area contributed by atoms with E-state index < -0.39 is 49.5 Å². The summed E-state index contributed by atoms with van der Waals surface area (Å²) in [5.74, 6) is -0.181. The Bertz CT molecular complexity index is 766. The second-order valence-electron chi connectivity index (χ2n) is 14.1. The second kappa shape index (κ2) is 30.7. The fraction of sp³-hybridized carbons (Fsp3) is 0.923. The molecule has 1 heterocycles. The molecule has 1 aliphatic rings. The molecule has 1 aliphatic heterocycles. The summed E-state index contributed by atoms with van der Waals surface area (Å²) in [5.41, 5.74) is 0. The van der Waals surface area contributed by atoms with E-state index >= 15 is 0 Å². The van der Waals surface area contributed by atoms with Crippen molar-refractivity contribution in [1.82, 2.24) is 5.32 Å². The molecule has 9 nitrogen and oxygen atoms in total. The van der Waals surface area contributed by atoms with Crippen molar-refractivity contribution in [3.05, 3.63) is 12.2 Å². The van der Waals surface area contributed by atoms with Crippen LogP contribution in [-0.2, 0) is 14.3 Å². The van der Waals surface area contributed by atoms with Gasteiger partial charge in [-0.1, -0.05) is 161 Å². The molecule has 0 bridgehead atoms. The van der Waals surface area contributed by atoms with Crippen LogP contribution in [0.3, 0.4) is 0 Å². The molecule has 1 amide bonds. The molecule has 0 aromatic carbocycles. The number of ether oxygens (including phenoxy) is 2. The Morgan fingerprint density at radius 2 is 1.15 bits per heavy atom. The summed E-state index contributed by atoms with van der Waals surface area (Å²) in [5, 5.41) is 53.9. The van der Waals surface area contributed by atoms with Gasteiger partial charge in [0.1, 0.15) is 24.4 Å². The fourth-order valence-electron chi connectivity index (χ4n) is 6.33. The molecular weight excluding hydrogens is 610 g/mol. The van der Waals surface area contributed by atoms with Crippen LogP contribution >= 0.6 is 0 Å². The third-order valence-corrected chi connectivity index (χ3v) is 9.61. The largest absolute Gasteiger partial charge is 0.394 e. The van der Waals surface area contributed by atoms with E-state index in [4.69, 9.17) is 9.47 Å². The highest BCUT2D eigenvalue weighted by Gasteiger charge is 2.44. The van der Waals surface area contributed by atoms with Crippen LogP contribution in [0.5, 0.6) is 0 Å². The van der Waals surface area contributed by atoms with Gasteiger partial charge in [-0.2, -0.15) is 0 Å². The average molecular weight is 686 g/mol. The minimum absolute atomic E-state index is 0.181. The van der Waals surface area contributed by atoms with Crippen molar-refractivity contribution in [2.24, 2.45) is 0 Å². The minimum Gasteiger partial charge on any atom is -0.394 e. The van der Waals surface area contributed by atoms with E-state index in [9.17, 15) is 30.3 Å². The third-order valence-electron chi connectivity index (χ3n) is 9.61. The molecule has 7 unspecified atom stereocenters. The van der Waals surface area contributed by atoms with E-state index in [2.05, 4.69) is 19.2 Å². The molecule has 48 heavy (non-hydrogen) atoms. The number of aliphatic hydroxyl groups is 5. The van der Waals surface area contributed by atoms with Gasteiger partial charge in [-0.3, -0.25) is 4.79 Å². The number of nitrogens with one attached hydrogen (secondary N) is 1. The zero-order valence-corrected chi connectivity index (χ0v) is 30.7. The minimum atomic E-state index is -1.56. The molecule has 1 rings (SSSR count). The summed E-state index contributed by atoms with van der Waals surface area (Å²) < 4.78 is 11.1. The standard InChI is InChI=1S/C39H75NO8/c1-3-5-7-9-11-13-14-15-16-17-18-19-21-22-24-26-28-33(42)32(31-47-39-38(46)37(45)36(44)34(30-41)48-39)40-35(43)29-27-25-23-20-12-10-8-6-4-2/h26,28,32-34,36-39,41-42,44-46H,3-25,27,29-31H2,1-2H3,(H,40,43)/b28-26+. The Kier molecular flexibility index (Phi) is 28.8. The lowest BCUT2D eigenvalue weighted by Crippen LogP contribution is -2.60. The first-order chi connectivity index (χ1) is 23.3. The van der Waals surface area contributed by atoms with Gasteiger partial charge in [0, 0.05) is 6.42 Å². The molecule has 9 heteroatoms. The number of aliphatic hydroxyl groups excluding tert-OH is 5. The van der Waals surface area contributed by atoms with Crippen molar-refractivity contribution in [3.63, 3.8) is 0 Å². The van der Waals surface area contributed by atoms with Crippen molar-refractivity contribution in [1.29, 1.82) is 0 Å². The number of amides is 1. The van der Waals surface area contributed by atoms with Gasteiger partial charge in [-0.05, 0) is 19.3 Å². The van der Waals surface area contributed by atoms with Crippen molar-refractivity contribution < 1.29 is 39.8 Å². The van der Waals surface area contributed by atoms with Crippen LogP contribution in [0.15, 0.2) is 12.2 Å². The molecule has 0 saturated carbocycles. The first kappa shape index (κ1) is 45.0. The maximum Gasteiger partial charge on any atom is 0.220 e. The second-order valence-corrected chi connectivity index (χ2v) is 14.1. The summed E-state index contributed by atoms with van der Waals surface area (Å²) in [7, 11) is 0. The number of hydrogen-bond donors (Lipinski definition) is 6. The summed E-state index contributed by atoms with van der Waals surface area (Å²) in [6, 6.07) is -0.795. The number of allylic oxidation sites excluding steroid dienone is 1. The van der Waals surface area contributed by atoms with E-state index in [-0.39, 0.29) is 12.5 Å². The van der Waals surface area contributed by atoms with E-state index in [1.807, 2.05) is 6.08 Å². The highest BCUT2D eigenvalue weighted by Crippen LogP contribution is 2.22. The number of rotatable bonds is 32. The zero-order valence-electron chi connectivity index (χ0n) is 30.7. The van der Waals surface area contributed by atoms with Gasteiger partial charge in [0.2, 0.25) is 5.91 Å². The van der Waals surface area contributed by atoms with Crippen molar-refractivity contribution >= 4 is 5.91 Å². The Hall–Kier alpha value is -1.07. The van der Waals surface area contributed by atoms with Crippen LogP contribution in [0, 0.1) is 0 Å². The molecule has 0 spiro atoms. The first-order valence-electron chi connectivity index (χ1n) is 19.9. The zero-order chi connectivity index (χ0) is 35.2. The maximum absolute atomic E-state index is 12.8. The fourth-order valence-corrected chi connectivity index (χ4v) is 6.33. The van der Waals surface area contributed by atoms with Crippen LogP contribution < -0.4 is 5.32 Å². The Morgan fingerprint density at radius 3 is 1.62 bits per heavy atom. The molecule has 0 aromatic rings. The van der Waals surface area contributed by atoms with Crippen LogP contribution in [0.4, 0.5) is 0 Å². The Labute approximate surface area is 293 Å². The van der Waals surface area contributed by atoms with Crippen LogP contribution in [-0.4, -0.2) is 87.5 Å². The molecule has 284 valence electrons. The number of unbranched alkanes of at least 4 members (excludes halogenated alkanes) is 22.